The molecule has 18 heavy (non-hydrogen) atoms. The molecule has 2 N–H and O–H groups in total. The van der Waals surface area contributed by atoms with Gasteiger partial charge in [-0.15, -0.1) is 0 Å². The molecule has 1 unspecified atom stereocenters. The Hall–Kier alpha value is -0.660. The molecule has 1 atom stereocenters. The van der Waals surface area contributed by atoms with Crippen LogP contribution >= 0.6 is 0 Å². The van der Waals surface area contributed by atoms with Crippen molar-refractivity contribution in [1.82, 2.24) is 10.0 Å². The van der Waals surface area contributed by atoms with E-state index in [0.29, 0.717) is 26.1 Å². The standard InChI is InChI=1S/C11H24N2O4S/c1-4-7-10(11(14)17-5-2)12-8-6-9-13-18(3,15)16/h10,12-13H,4-9H2,1-3H3. The summed E-state index contributed by atoms with van der Waals surface area (Å²) in [6.45, 7) is 5.09. The molecule has 0 aliphatic carbocycles. The molecule has 0 fully saturated rings. The van der Waals surface area contributed by atoms with Crippen LogP contribution in [0.2, 0.25) is 0 Å². The number of carbonyl (C=O) groups excluding carboxylic acids is 1. The maximum absolute atomic E-state index is 11.6. The van der Waals surface area contributed by atoms with Crippen molar-refractivity contribution < 1.29 is 17.9 Å². The number of nitrogens with one attached hydrogen (secondary N) is 2. The van der Waals surface area contributed by atoms with Gasteiger partial charge in [0.25, 0.3) is 0 Å². The van der Waals surface area contributed by atoms with E-state index in [1.54, 1.807) is 6.92 Å². The van der Waals surface area contributed by atoms with Crippen LogP contribution in [0.15, 0.2) is 0 Å². The number of rotatable bonds is 10. The van der Waals surface area contributed by atoms with Crippen LogP contribution in [0.5, 0.6) is 0 Å². The van der Waals surface area contributed by atoms with E-state index in [2.05, 4.69) is 10.0 Å². The van der Waals surface area contributed by atoms with E-state index in [-0.39, 0.29) is 12.0 Å². The van der Waals surface area contributed by atoms with Crippen LogP contribution in [0.1, 0.15) is 33.1 Å². The first-order chi connectivity index (χ1) is 8.40. The van der Waals surface area contributed by atoms with Crippen LogP contribution in [-0.2, 0) is 19.6 Å². The molecule has 7 heteroatoms. The van der Waals surface area contributed by atoms with Gasteiger partial charge < -0.3 is 10.1 Å². The summed E-state index contributed by atoms with van der Waals surface area (Å²) in [6.07, 6.45) is 3.36. The lowest BCUT2D eigenvalue weighted by Gasteiger charge is -2.16. The third-order valence-electron chi connectivity index (χ3n) is 2.26. The largest absolute Gasteiger partial charge is 0.465 e. The molecule has 0 aliphatic rings. The summed E-state index contributed by atoms with van der Waals surface area (Å²) in [4.78, 5) is 11.6. The first-order valence-electron chi connectivity index (χ1n) is 6.25. The summed E-state index contributed by atoms with van der Waals surface area (Å²) in [5.74, 6) is -0.240. The zero-order valence-corrected chi connectivity index (χ0v) is 12.2. The van der Waals surface area contributed by atoms with E-state index < -0.39 is 10.0 Å². The molecular formula is C11H24N2O4S. The lowest BCUT2D eigenvalue weighted by atomic mass is 10.1. The third-order valence-corrected chi connectivity index (χ3v) is 2.99. The fraction of sp³-hybridized carbons (Fsp3) is 0.909. The molecule has 0 aromatic rings. The van der Waals surface area contributed by atoms with Gasteiger partial charge in [-0.3, -0.25) is 4.79 Å². The van der Waals surface area contributed by atoms with Crippen LogP contribution in [0, 0.1) is 0 Å². The Morgan fingerprint density at radius 2 is 1.94 bits per heavy atom. The first kappa shape index (κ1) is 17.3. The van der Waals surface area contributed by atoms with Crippen molar-refractivity contribution in [3.8, 4) is 0 Å². The first-order valence-corrected chi connectivity index (χ1v) is 8.14. The molecule has 0 aromatic heterocycles. The highest BCUT2D eigenvalue weighted by Crippen LogP contribution is 1.99. The van der Waals surface area contributed by atoms with Crippen molar-refractivity contribution in [3.05, 3.63) is 0 Å². The van der Waals surface area contributed by atoms with Crippen molar-refractivity contribution in [2.45, 2.75) is 39.2 Å². The van der Waals surface area contributed by atoms with E-state index >= 15 is 0 Å². The molecule has 0 heterocycles. The van der Waals surface area contributed by atoms with E-state index in [4.69, 9.17) is 4.74 Å². The maximum Gasteiger partial charge on any atom is 0.323 e. The van der Waals surface area contributed by atoms with Crippen LogP contribution < -0.4 is 10.0 Å². The highest BCUT2D eigenvalue weighted by atomic mass is 32.2. The summed E-state index contributed by atoms with van der Waals surface area (Å²) in [6, 6.07) is -0.298. The monoisotopic (exact) mass is 280 g/mol. The van der Waals surface area contributed by atoms with Gasteiger partial charge in [0.05, 0.1) is 12.9 Å². The highest BCUT2D eigenvalue weighted by molar-refractivity contribution is 7.88. The Morgan fingerprint density at radius 3 is 2.44 bits per heavy atom. The van der Waals surface area contributed by atoms with Crippen molar-refractivity contribution in [3.63, 3.8) is 0 Å². The fourth-order valence-electron chi connectivity index (χ4n) is 1.46. The quantitative estimate of drug-likeness (QED) is 0.442. The molecule has 0 radical (unpaired) electrons. The van der Waals surface area contributed by atoms with E-state index in [1.807, 2.05) is 6.92 Å². The van der Waals surface area contributed by atoms with Crippen LogP contribution in [0.4, 0.5) is 0 Å². The van der Waals surface area contributed by atoms with Crippen molar-refractivity contribution >= 4 is 16.0 Å². The minimum Gasteiger partial charge on any atom is -0.465 e. The normalized spacial score (nSPS) is 13.3. The van der Waals surface area contributed by atoms with Gasteiger partial charge in [0.2, 0.25) is 10.0 Å². The Balaban J connectivity index is 3.87. The summed E-state index contributed by atoms with van der Waals surface area (Å²) in [5, 5.41) is 3.08. The summed E-state index contributed by atoms with van der Waals surface area (Å²) in [5.41, 5.74) is 0. The van der Waals surface area contributed by atoms with Gasteiger partial charge in [-0.05, 0) is 26.3 Å². The van der Waals surface area contributed by atoms with Crippen LogP contribution in [0.3, 0.4) is 0 Å². The molecular weight excluding hydrogens is 256 g/mol. The molecule has 6 nitrogen and oxygen atoms in total. The van der Waals surface area contributed by atoms with Gasteiger partial charge in [0.1, 0.15) is 6.04 Å². The van der Waals surface area contributed by atoms with Crippen molar-refractivity contribution in [1.29, 1.82) is 0 Å². The van der Waals surface area contributed by atoms with Gasteiger partial charge in [0.15, 0.2) is 0 Å². The number of hydrogen-bond acceptors (Lipinski definition) is 5. The number of sulfonamides is 1. The smallest absolute Gasteiger partial charge is 0.323 e. The molecule has 0 aromatic carbocycles. The Bertz CT molecular complexity index is 330. The third kappa shape index (κ3) is 9.38. The molecule has 0 rings (SSSR count). The van der Waals surface area contributed by atoms with Gasteiger partial charge in [-0.25, -0.2) is 13.1 Å². The van der Waals surface area contributed by atoms with Gasteiger partial charge in [0, 0.05) is 6.54 Å². The van der Waals surface area contributed by atoms with E-state index in [0.717, 1.165) is 19.1 Å². The van der Waals surface area contributed by atoms with Gasteiger partial charge in [-0.1, -0.05) is 13.3 Å². The van der Waals surface area contributed by atoms with E-state index in [9.17, 15) is 13.2 Å². The van der Waals surface area contributed by atoms with Gasteiger partial charge in [-0.2, -0.15) is 0 Å². The van der Waals surface area contributed by atoms with Gasteiger partial charge >= 0.3 is 5.97 Å². The molecule has 0 aliphatic heterocycles. The summed E-state index contributed by atoms with van der Waals surface area (Å²) in [7, 11) is -3.13. The zero-order chi connectivity index (χ0) is 14.0. The highest BCUT2D eigenvalue weighted by Gasteiger charge is 2.17. The second kappa shape index (κ2) is 9.29. The molecule has 0 bridgehead atoms. The topological polar surface area (TPSA) is 84.5 Å². The average Bonchev–Trinajstić information content (AvgIpc) is 2.26. The Labute approximate surface area is 110 Å². The maximum atomic E-state index is 11.6. The number of carbonyl (C=O) groups is 1. The number of ether oxygens (including phenoxy) is 1. The number of hydrogen-bond donors (Lipinski definition) is 2. The van der Waals surface area contributed by atoms with Crippen LogP contribution in [-0.4, -0.2) is 46.4 Å². The minimum atomic E-state index is -3.13. The molecule has 108 valence electrons. The Kier molecular flexibility index (Phi) is 8.95. The second-order valence-electron chi connectivity index (χ2n) is 4.07. The SMILES string of the molecule is CCCC(NCCCNS(C)(=O)=O)C(=O)OCC. The molecule has 0 saturated heterocycles. The Morgan fingerprint density at radius 1 is 1.28 bits per heavy atom. The van der Waals surface area contributed by atoms with Crippen molar-refractivity contribution in [2.75, 3.05) is 26.0 Å². The van der Waals surface area contributed by atoms with Crippen LogP contribution in [0.25, 0.3) is 0 Å². The number of esters is 1. The average molecular weight is 280 g/mol. The fourth-order valence-corrected chi connectivity index (χ4v) is 1.97. The predicted molar refractivity (Wildman–Crippen MR) is 70.8 cm³/mol. The summed E-state index contributed by atoms with van der Waals surface area (Å²) >= 11 is 0. The predicted octanol–water partition coefficient (Wildman–Crippen LogP) is 0.247. The molecule has 0 amide bonds. The zero-order valence-electron chi connectivity index (χ0n) is 11.4. The molecule has 0 spiro atoms. The lowest BCUT2D eigenvalue weighted by molar-refractivity contribution is -0.145. The minimum absolute atomic E-state index is 0.240. The summed E-state index contributed by atoms with van der Waals surface area (Å²) < 4.78 is 29.0. The molecule has 0 saturated carbocycles. The lowest BCUT2D eigenvalue weighted by Crippen LogP contribution is -2.39. The second-order valence-corrected chi connectivity index (χ2v) is 5.90. The van der Waals surface area contributed by atoms with Crippen molar-refractivity contribution in [2.24, 2.45) is 0 Å². The van der Waals surface area contributed by atoms with E-state index in [1.165, 1.54) is 0 Å².